The number of nitrogens with zero attached hydrogens (tertiary/aromatic N) is 2. The maximum absolute atomic E-state index is 9.62. The van der Waals surface area contributed by atoms with E-state index in [0.717, 1.165) is 18.2 Å². The van der Waals surface area contributed by atoms with Crippen LogP contribution in [0.4, 0.5) is 11.6 Å². The van der Waals surface area contributed by atoms with E-state index >= 15 is 0 Å². The minimum Gasteiger partial charge on any atom is -0.389 e. The monoisotopic (exact) mass is 268 g/mol. The summed E-state index contributed by atoms with van der Waals surface area (Å²) >= 11 is 0. The van der Waals surface area contributed by atoms with Crippen molar-refractivity contribution in [3.05, 3.63) is 11.9 Å². The van der Waals surface area contributed by atoms with E-state index in [4.69, 9.17) is 4.74 Å². The number of rotatable bonds is 8. The second-order valence-electron chi connectivity index (χ2n) is 4.67. The molecule has 0 fully saturated rings. The Balaban J connectivity index is 2.75. The summed E-state index contributed by atoms with van der Waals surface area (Å²) in [5, 5.41) is 15.9. The van der Waals surface area contributed by atoms with Gasteiger partial charge in [0.1, 0.15) is 17.5 Å². The van der Waals surface area contributed by atoms with Crippen LogP contribution >= 0.6 is 0 Å². The van der Waals surface area contributed by atoms with Crippen molar-refractivity contribution in [2.75, 3.05) is 37.4 Å². The van der Waals surface area contributed by atoms with Gasteiger partial charge in [-0.15, -0.1) is 0 Å². The summed E-state index contributed by atoms with van der Waals surface area (Å²) < 4.78 is 4.88. The van der Waals surface area contributed by atoms with Gasteiger partial charge in [0.25, 0.3) is 0 Å². The largest absolute Gasteiger partial charge is 0.389 e. The highest BCUT2D eigenvalue weighted by molar-refractivity contribution is 5.47. The van der Waals surface area contributed by atoms with Crippen LogP contribution in [0.25, 0.3) is 0 Å². The molecule has 0 aliphatic heterocycles. The number of ether oxygens (including phenoxy) is 1. The minimum absolute atomic E-state index is 0.253. The fraction of sp³-hybridized carbons (Fsp3) is 0.692. The number of hydrogen-bond donors (Lipinski definition) is 3. The van der Waals surface area contributed by atoms with Crippen LogP contribution in [0.5, 0.6) is 0 Å². The number of nitrogens with one attached hydrogen (secondary N) is 2. The molecule has 1 rings (SSSR count). The number of anilines is 2. The van der Waals surface area contributed by atoms with Gasteiger partial charge in [-0.3, -0.25) is 0 Å². The molecule has 0 saturated heterocycles. The molecule has 0 radical (unpaired) electrons. The molecule has 0 aromatic carbocycles. The van der Waals surface area contributed by atoms with E-state index in [-0.39, 0.29) is 5.92 Å². The zero-order valence-corrected chi connectivity index (χ0v) is 12.1. The number of methoxy groups -OCH3 is 1. The van der Waals surface area contributed by atoms with Crippen LogP contribution in [0, 0.1) is 0 Å². The zero-order chi connectivity index (χ0) is 14.3. The highest BCUT2D eigenvalue weighted by Gasteiger charge is 2.09. The molecule has 0 aliphatic carbocycles. The molecule has 1 unspecified atom stereocenters. The van der Waals surface area contributed by atoms with Crippen LogP contribution in [0.1, 0.15) is 32.5 Å². The lowest BCUT2D eigenvalue weighted by atomic mass is 10.2. The minimum atomic E-state index is -0.551. The molecular formula is C13H24N4O2. The van der Waals surface area contributed by atoms with Gasteiger partial charge in [0, 0.05) is 32.2 Å². The third-order valence-electron chi connectivity index (χ3n) is 2.50. The van der Waals surface area contributed by atoms with E-state index in [2.05, 4.69) is 34.4 Å². The van der Waals surface area contributed by atoms with Crippen molar-refractivity contribution in [3.8, 4) is 0 Å². The van der Waals surface area contributed by atoms with Crippen LogP contribution < -0.4 is 10.6 Å². The van der Waals surface area contributed by atoms with Gasteiger partial charge in [0.05, 0.1) is 12.7 Å². The number of aliphatic hydroxyl groups is 1. The Morgan fingerprint density at radius 3 is 2.42 bits per heavy atom. The summed E-state index contributed by atoms with van der Waals surface area (Å²) in [6.07, 6.45) is -0.551. The van der Waals surface area contributed by atoms with Crippen LogP contribution in [0.3, 0.4) is 0 Å². The molecule has 6 heteroatoms. The second kappa shape index (κ2) is 7.91. The van der Waals surface area contributed by atoms with E-state index in [1.165, 1.54) is 0 Å². The lowest BCUT2D eigenvalue weighted by molar-refractivity contribution is 0.0727. The quantitative estimate of drug-likeness (QED) is 0.662. The van der Waals surface area contributed by atoms with E-state index in [9.17, 15) is 5.11 Å². The smallest absolute Gasteiger partial charge is 0.135 e. The van der Waals surface area contributed by atoms with Crippen molar-refractivity contribution < 1.29 is 9.84 Å². The Hall–Kier alpha value is -1.40. The summed E-state index contributed by atoms with van der Waals surface area (Å²) in [5.41, 5.74) is 0. The Morgan fingerprint density at radius 1 is 1.26 bits per heavy atom. The van der Waals surface area contributed by atoms with Crippen molar-refractivity contribution in [1.29, 1.82) is 0 Å². The highest BCUT2D eigenvalue weighted by atomic mass is 16.5. The van der Waals surface area contributed by atoms with E-state index < -0.39 is 6.10 Å². The molecule has 1 heterocycles. The Morgan fingerprint density at radius 2 is 1.89 bits per heavy atom. The van der Waals surface area contributed by atoms with Crippen LogP contribution in [-0.4, -0.2) is 48.0 Å². The highest BCUT2D eigenvalue weighted by Crippen LogP contribution is 2.16. The molecule has 0 bridgehead atoms. The van der Waals surface area contributed by atoms with Crippen molar-refractivity contribution in [1.82, 2.24) is 9.97 Å². The van der Waals surface area contributed by atoms with Gasteiger partial charge >= 0.3 is 0 Å². The van der Waals surface area contributed by atoms with Gasteiger partial charge < -0.3 is 20.5 Å². The second-order valence-corrected chi connectivity index (χ2v) is 4.67. The fourth-order valence-electron chi connectivity index (χ4n) is 1.56. The molecule has 1 aromatic heterocycles. The van der Waals surface area contributed by atoms with Crippen molar-refractivity contribution in [3.63, 3.8) is 0 Å². The summed E-state index contributed by atoms with van der Waals surface area (Å²) in [7, 11) is 1.56. The summed E-state index contributed by atoms with van der Waals surface area (Å²) in [6.45, 7) is 7.62. The number of aromatic nitrogens is 2. The average molecular weight is 268 g/mol. The van der Waals surface area contributed by atoms with E-state index in [1.54, 1.807) is 7.11 Å². The maximum atomic E-state index is 9.62. The predicted molar refractivity (Wildman–Crippen MR) is 76.7 cm³/mol. The third kappa shape index (κ3) is 5.40. The first-order chi connectivity index (χ1) is 9.06. The molecule has 0 saturated carbocycles. The zero-order valence-electron chi connectivity index (χ0n) is 12.1. The molecular weight excluding hydrogens is 244 g/mol. The topological polar surface area (TPSA) is 79.3 Å². The van der Waals surface area contributed by atoms with E-state index in [0.29, 0.717) is 19.0 Å². The predicted octanol–water partition coefficient (Wildman–Crippen LogP) is 1.45. The molecule has 3 N–H and O–H groups in total. The van der Waals surface area contributed by atoms with Gasteiger partial charge in [-0.05, 0) is 6.92 Å². The SMILES string of the molecule is CCNc1cc(NCC(O)COC)nc(C(C)C)n1. The lowest BCUT2D eigenvalue weighted by Crippen LogP contribution is -2.24. The first kappa shape index (κ1) is 15.7. The van der Waals surface area contributed by atoms with Gasteiger partial charge in [-0.25, -0.2) is 9.97 Å². The van der Waals surface area contributed by atoms with Gasteiger partial charge in [0.2, 0.25) is 0 Å². The number of hydrogen-bond acceptors (Lipinski definition) is 6. The molecule has 1 atom stereocenters. The van der Waals surface area contributed by atoms with Crippen LogP contribution in [-0.2, 0) is 4.74 Å². The first-order valence-corrected chi connectivity index (χ1v) is 6.60. The Bertz CT molecular complexity index is 385. The number of aliphatic hydroxyl groups excluding tert-OH is 1. The Labute approximate surface area is 114 Å². The molecule has 0 spiro atoms. The lowest BCUT2D eigenvalue weighted by Gasteiger charge is -2.14. The summed E-state index contributed by atoms with van der Waals surface area (Å²) in [4.78, 5) is 8.87. The molecule has 19 heavy (non-hydrogen) atoms. The third-order valence-corrected chi connectivity index (χ3v) is 2.50. The maximum Gasteiger partial charge on any atom is 0.135 e. The summed E-state index contributed by atoms with van der Waals surface area (Å²) in [5.74, 6) is 2.54. The van der Waals surface area contributed by atoms with Gasteiger partial charge in [-0.1, -0.05) is 13.8 Å². The average Bonchev–Trinajstić information content (AvgIpc) is 2.37. The molecule has 108 valence electrons. The van der Waals surface area contributed by atoms with Crippen LogP contribution in [0.2, 0.25) is 0 Å². The standard InChI is InChI=1S/C13H24N4O2/c1-5-14-11-6-12(15-7-10(18)8-19-4)17-13(16-11)9(2)3/h6,9-10,18H,5,7-8H2,1-4H3,(H2,14,15,16,17). The van der Waals surface area contributed by atoms with Gasteiger partial charge in [0.15, 0.2) is 0 Å². The van der Waals surface area contributed by atoms with Crippen molar-refractivity contribution in [2.45, 2.75) is 32.8 Å². The molecule has 0 aliphatic rings. The molecule has 1 aromatic rings. The van der Waals surface area contributed by atoms with E-state index in [1.807, 2.05) is 13.0 Å². The molecule has 0 amide bonds. The van der Waals surface area contributed by atoms with Crippen molar-refractivity contribution >= 4 is 11.6 Å². The van der Waals surface area contributed by atoms with Crippen LogP contribution in [0.15, 0.2) is 6.07 Å². The van der Waals surface area contributed by atoms with Gasteiger partial charge in [-0.2, -0.15) is 0 Å². The normalized spacial score (nSPS) is 12.5. The fourth-order valence-corrected chi connectivity index (χ4v) is 1.56. The molecule has 6 nitrogen and oxygen atoms in total. The summed E-state index contributed by atoms with van der Waals surface area (Å²) in [6, 6.07) is 1.84. The van der Waals surface area contributed by atoms with Crippen molar-refractivity contribution in [2.24, 2.45) is 0 Å². The first-order valence-electron chi connectivity index (χ1n) is 6.60. The Kier molecular flexibility index (Phi) is 6.52.